The molecule has 0 aliphatic carbocycles. The summed E-state index contributed by atoms with van der Waals surface area (Å²) in [6.45, 7) is 0. The van der Waals surface area contributed by atoms with Crippen molar-refractivity contribution in [1.82, 2.24) is 0 Å². The van der Waals surface area contributed by atoms with E-state index in [2.05, 4.69) is 10.6 Å². The van der Waals surface area contributed by atoms with E-state index in [0.717, 1.165) is 16.5 Å². The first-order chi connectivity index (χ1) is 13.4. The molecule has 0 heterocycles. The summed E-state index contributed by atoms with van der Waals surface area (Å²) in [5.74, 6) is -0.626. The zero-order valence-corrected chi connectivity index (χ0v) is 15.4. The molecule has 0 saturated carbocycles. The molecule has 3 aromatic rings. The third-order valence-electron chi connectivity index (χ3n) is 3.94. The monoisotopic (exact) mass is 392 g/mol. The SMILES string of the molecule is N#C/C(=C/Nc1ccc2ccccc2c1)C(=O)Nc1ccc(S(N)(=O)=O)cc1. The molecule has 0 aliphatic heterocycles. The van der Waals surface area contributed by atoms with E-state index in [1.54, 1.807) is 0 Å². The summed E-state index contributed by atoms with van der Waals surface area (Å²) in [7, 11) is -3.81. The Morgan fingerprint density at radius 1 is 0.964 bits per heavy atom. The highest BCUT2D eigenvalue weighted by molar-refractivity contribution is 7.89. The molecule has 28 heavy (non-hydrogen) atoms. The van der Waals surface area contributed by atoms with Crippen LogP contribution < -0.4 is 15.8 Å². The number of nitrogens with two attached hydrogens (primary N) is 1. The second-order valence-corrected chi connectivity index (χ2v) is 7.46. The van der Waals surface area contributed by atoms with Gasteiger partial charge in [-0.2, -0.15) is 5.26 Å². The summed E-state index contributed by atoms with van der Waals surface area (Å²) < 4.78 is 22.5. The van der Waals surface area contributed by atoms with Gasteiger partial charge in [0.05, 0.1) is 4.90 Å². The first-order valence-electron chi connectivity index (χ1n) is 8.16. The van der Waals surface area contributed by atoms with Gasteiger partial charge >= 0.3 is 0 Å². The molecule has 4 N–H and O–H groups in total. The van der Waals surface area contributed by atoms with Gasteiger partial charge in [0.2, 0.25) is 10.0 Å². The molecule has 0 aliphatic rings. The van der Waals surface area contributed by atoms with E-state index in [-0.39, 0.29) is 10.5 Å². The van der Waals surface area contributed by atoms with E-state index >= 15 is 0 Å². The summed E-state index contributed by atoms with van der Waals surface area (Å²) in [5.41, 5.74) is 0.935. The Morgan fingerprint density at radius 3 is 2.25 bits per heavy atom. The Bertz CT molecular complexity index is 1210. The summed E-state index contributed by atoms with van der Waals surface area (Å²) in [5, 5.41) is 21.9. The van der Waals surface area contributed by atoms with E-state index in [1.807, 2.05) is 48.5 Å². The number of nitrogens with one attached hydrogen (secondary N) is 2. The van der Waals surface area contributed by atoms with Gasteiger partial charge in [0.15, 0.2) is 0 Å². The Labute approximate surface area is 162 Å². The highest BCUT2D eigenvalue weighted by Gasteiger charge is 2.11. The van der Waals surface area contributed by atoms with Crippen LogP contribution in [0.5, 0.6) is 0 Å². The number of hydrogen-bond acceptors (Lipinski definition) is 5. The molecule has 1 amide bonds. The van der Waals surface area contributed by atoms with Crippen LogP contribution >= 0.6 is 0 Å². The van der Waals surface area contributed by atoms with Crippen molar-refractivity contribution in [3.8, 4) is 6.07 Å². The van der Waals surface area contributed by atoms with Crippen molar-refractivity contribution in [3.05, 3.63) is 78.5 Å². The molecule has 0 atom stereocenters. The number of nitriles is 1. The molecular weight excluding hydrogens is 376 g/mol. The normalized spacial score (nSPS) is 11.6. The molecule has 8 heteroatoms. The van der Waals surface area contributed by atoms with Crippen molar-refractivity contribution < 1.29 is 13.2 Å². The number of amides is 1. The fraction of sp³-hybridized carbons (Fsp3) is 0. The summed E-state index contributed by atoms with van der Waals surface area (Å²) in [6.07, 6.45) is 1.32. The van der Waals surface area contributed by atoms with E-state index in [9.17, 15) is 18.5 Å². The van der Waals surface area contributed by atoms with Gasteiger partial charge in [0.1, 0.15) is 11.6 Å². The molecule has 3 aromatic carbocycles. The van der Waals surface area contributed by atoms with Crippen LogP contribution in [0.1, 0.15) is 0 Å². The number of sulfonamides is 1. The molecule has 0 aromatic heterocycles. The number of carbonyl (C=O) groups is 1. The van der Waals surface area contributed by atoms with Crippen molar-refractivity contribution in [2.24, 2.45) is 5.14 Å². The minimum Gasteiger partial charge on any atom is -0.360 e. The summed E-state index contributed by atoms with van der Waals surface area (Å²) in [4.78, 5) is 12.2. The van der Waals surface area contributed by atoms with Crippen molar-refractivity contribution in [2.75, 3.05) is 10.6 Å². The molecule has 0 saturated heterocycles. The van der Waals surface area contributed by atoms with Crippen LogP contribution in [0.4, 0.5) is 11.4 Å². The van der Waals surface area contributed by atoms with Gasteiger partial charge in [-0.25, -0.2) is 13.6 Å². The minimum atomic E-state index is -3.81. The van der Waals surface area contributed by atoms with Crippen molar-refractivity contribution in [3.63, 3.8) is 0 Å². The fourth-order valence-corrected chi connectivity index (χ4v) is 3.03. The highest BCUT2D eigenvalue weighted by atomic mass is 32.2. The molecule has 3 rings (SSSR count). The largest absolute Gasteiger partial charge is 0.360 e. The van der Waals surface area contributed by atoms with Crippen LogP contribution in [0.15, 0.2) is 83.4 Å². The van der Waals surface area contributed by atoms with Gasteiger partial charge in [0.25, 0.3) is 5.91 Å². The topological polar surface area (TPSA) is 125 Å². The number of fused-ring (bicyclic) bond motifs is 1. The maximum atomic E-state index is 12.3. The summed E-state index contributed by atoms with van der Waals surface area (Å²) in [6, 6.07) is 20.7. The lowest BCUT2D eigenvalue weighted by Gasteiger charge is -2.07. The first kappa shape index (κ1) is 19.1. The maximum Gasteiger partial charge on any atom is 0.267 e. The highest BCUT2D eigenvalue weighted by Crippen LogP contribution is 2.19. The second-order valence-electron chi connectivity index (χ2n) is 5.90. The van der Waals surface area contributed by atoms with Crippen LogP contribution in [0.25, 0.3) is 10.8 Å². The van der Waals surface area contributed by atoms with Crippen molar-refractivity contribution in [2.45, 2.75) is 4.90 Å². The van der Waals surface area contributed by atoms with Crippen LogP contribution in [-0.4, -0.2) is 14.3 Å². The molecule has 0 bridgehead atoms. The number of primary sulfonamides is 1. The lowest BCUT2D eigenvalue weighted by Crippen LogP contribution is -2.15. The number of nitrogens with zero attached hydrogens (tertiary/aromatic N) is 1. The third kappa shape index (κ3) is 4.54. The Balaban J connectivity index is 1.72. The number of rotatable bonds is 5. The fourth-order valence-electron chi connectivity index (χ4n) is 2.51. The number of anilines is 2. The van der Waals surface area contributed by atoms with Crippen molar-refractivity contribution >= 4 is 38.1 Å². The Hall–Kier alpha value is -3.67. The van der Waals surface area contributed by atoms with Crippen LogP contribution in [0, 0.1) is 11.3 Å². The molecule has 0 radical (unpaired) electrons. The predicted molar refractivity (Wildman–Crippen MR) is 108 cm³/mol. The Morgan fingerprint density at radius 2 is 1.61 bits per heavy atom. The average Bonchev–Trinajstić information content (AvgIpc) is 2.68. The zero-order valence-electron chi connectivity index (χ0n) is 14.6. The van der Waals surface area contributed by atoms with E-state index in [4.69, 9.17) is 5.14 Å². The quantitative estimate of drug-likeness (QED) is 0.455. The van der Waals surface area contributed by atoms with E-state index in [0.29, 0.717) is 5.69 Å². The van der Waals surface area contributed by atoms with Crippen LogP contribution in [-0.2, 0) is 14.8 Å². The maximum absolute atomic E-state index is 12.3. The molecule has 7 nitrogen and oxygen atoms in total. The third-order valence-corrected chi connectivity index (χ3v) is 4.87. The lowest BCUT2D eigenvalue weighted by molar-refractivity contribution is -0.112. The van der Waals surface area contributed by atoms with Gasteiger partial charge < -0.3 is 10.6 Å². The van der Waals surface area contributed by atoms with Gasteiger partial charge in [-0.15, -0.1) is 0 Å². The molecule has 0 unspecified atom stereocenters. The van der Waals surface area contributed by atoms with Gasteiger partial charge in [0, 0.05) is 17.6 Å². The van der Waals surface area contributed by atoms with E-state index in [1.165, 1.54) is 30.5 Å². The summed E-state index contributed by atoms with van der Waals surface area (Å²) >= 11 is 0. The smallest absolute Gasteiger partial charge is 0.267 e. The zero-order chi connectivity index (χ0) is 20.1. The molecule has 0 fully saturated rings. The second kappa shape index (κ2) is 7.92. The number of benzene rings is 3. The Kier molecular flexibility index (Phi) is 5.40. The van der Waals surface area contributed by atoms with Crippen LogP contribution in [0.2, 0.25) is 0 Å². The molecule has 140 valence electrons. The first-order valence-corrected chi connectivity index (χ1v) is 9.71. The van der Waals surface area contributed by atoms with Gasteiger partial charge in [-0.1, -0.05) is 30.3 Å². The number of carbonyl (C=O) groups excluding carboxylic acids is 1. The number of hydrogen-bond donors (Lipinski definition) is 3. The predicted octanol–water partition coefficient (Wildman–Crippen LogP) is 2.95. The molecular formula is C20H16N4O3S. The minimum absolute atomic E-state index is 0.0699. The average molecular weight is 392 g/mol. The molecule has 0 spiro atoms. The lowest BCUT2D eigenvalue weighted by atomic mass is 10.1. The van der Waals surface area contributed by atoms with Crippen LogP contribution in [0.3, 0.4) is 0 Å². The van der Waals surface area contributed by atoms with E-state index < -0.39 is 15.9 Å². The standard InChI is InChI=1S/C20H16N4O3S/c21-12-16(13-23-18-6-5-14-3-1-2-4-15(14)11-18)20(25)24-17-7-9-19(10-8-17)28(22,26)27/h1-11,13,23H,(H,24,25)(H2,22,26,27)/b16-13-. The van der Waals surface area contributed by atoms with Gasteiger partial charge in [-0.05, 0) is 47.2 Å². The van der Waals surface area contributed by atoms with Crippen molar-refractivity contribution in [1.29, 1.82) is 5.26 Å². The van der Waals surface area contributed by atoms with Gasteiger partial charge in [-0.3, -0.25) is 4.79 Å².